The summed E-state index contributed by atoms with van der Waals surface area (Å²) in [7, 11) is 0. The predicted octanol–water partition coefficient (Wildman–Crippen LogP) is 6.17. The van der Waals surface area contributed by atoms with Crippen molar-refractivity contribution in [1.29, 1.82) is 0 Å². The van der Waals surface area contributed by atoms with E-state index in [4.69, 9.17) is 4.74 Å². The van der Waals surface area contributed by atoms with Gasteiger partial charge in [0.25, 0.3) is 0 Å². The molecule has 0 N–H and O–H groups in total. The Balaban J connectivity index is 1.43. The molecule has 0 radical (unpaired) electrons. The number of halogens is 5. The molecule has 2 atom stereocenters. The number of aromatic nitrogens is 6. The number of alkyl halides is 3. The number of benzene rings is 1. The third-order valence-corrected chi connectivity index (χ3v) is 7.14. The molecule has 4 aromatic rings. The predicted molar refractivity (Wildman–Crippen MR) is 126 cm³/mol. The zero-order valence-corrected chi connectivity index (χ0v) is 20.6. The van der Waals surface area contributed by atoms with Crippen LogP contribution in [0, 0.1) is 25.5 Å². The van der Waals surface area contributed by atoms with Gasteiger partial charge in [-0.25, -0.2) is 28.7 Å². The van der Waals surface area contributed by atoms with Gasteiger partial charge in [0, 0.05) is 29.8 Å². The average molecular weight is 531 g/mol. The van der Waals surface area contributed by atoms with E-state index in [1.54, 1.807) is 20.0 Å². The average Bonchev–Trinajstić information content (AvgIpc) is 3.61. The van der Waals surface area contributed by atoms with Gasteiger partial charge in [0.05, 0.1) is 35.3 Å². The summed E-state index contributed by atoms with van der Waals surface area (Å²) in [4.78, 5) is 18.1. The van der Waals surface area contributed by atoms with Crippen molar-refractivity contribution >= 4 is 11.2 Å². The smallest absolute Gasteiger partial charge is 0.373 e. The first kappa shape index (κ1) is 24.8. The fraction of sp³-hybridized carbons (Fsp3) is 0.423. The first-order chi connectivity index (χ1) is 18.1. The molecule has 1 aliphatic carbocycles. The maximum atomic E-state index is 15.1. The lowest BCUT2D eigenvalue weighted by Gasteiger charge is -2.28. The molecule has 1 aromatic carbocycles. The van der Waals surface area contributed by atoms with Gasteiger partial charge in [-0.15, -0.1) is 0 Å². The van der Waals surface area contributed by atoms with Crippen molar-refractivity contribution in [3.8, 4) is 11.3 Å². The molecule has 2 fully saturated rings. The number of ether oxygens (including phenoxy) is 1. The summed E-state index contributed by atoms with van der Waals surface area (Å²) in [6, 6.07) is 1.09. The molecule has 1 saturated carbocycles. The second-order valence-corrected chi connectivity index (χ2v) is 9.87. The van der Waals surface area contributed by atoms with Gasteiger partial charge in [0.15, 0.2) is 5.65 Å². The van der Waals surface area contributed by atoms with Crippen molar-refractivity contribution in [2.24, 2.45) is 0 Å². The highest BCUT2D eigenvalue weighted by molar-refractivity contribution is 5.87. The van der Waals surface area contributed by atoms with E-state index in [2.05, 4.69) is 25.0 Å². The van der Waals surface area contributed by atoms with Crippen molar-refractivity contribution in [3.63, 3.8) is 0 Å². The maximum absolute atomic E-state index is 15.1. The van der Waals surface area contributed by atoms with Gasteiger partial charge < -0.3 is 4.74 Å². The Bertz CT molecular complexity index is 1550. The fourth-order valence-corrected chi connectivity index (χ4v) is 4.77. The van der Waals surface area contributed by atoms with Crippen LogP contribution in [0.15, 0.2) is 24.5 Å². The SMILES string of the molecule is Cc1nc2nc([C@@H]3CCO[C@H](c4cnn(C5CC5)c4)C3)nc(-c3cc(F)c(C(F)(F)F)cc3F)c2nc1C. The zero-order chi connectivity index (χ0) is 26.8. The molecule has 38 heavy (non-hydrogen) atoms. The van der Waals surface area contributed by atoms with Crippen molar-refractivity contribution in [1.82, 2.24) is 29.7 Å². The number of hydrogen-bond donors (Lipinski definition) is 0. The van der Waals surface area contributed by atoms with Crippen molar-refractivity contribution < 1.29 is 26.7 Å². The maximum Gasteiger partial charge on any atom is 0.419 e. The van der Waals surface area contributed by atoms with E-state index < -0.39 is 28.9 Å². The van der Waals surface area contributed by atoms with Crippen molar-refractivity contribution in [2.45, 2.75) is 63.8 Å². The Morgan fingerprint density at radius 3 is 2.45 bits per heavy atom. The van der Waals surface area contributed by atoms with Gasteiger partial charge in [0.2, 0.25) is 0 Å². The molecule has 0 amide bonds. The Morgan fingerprint density at radius 2 is 1.71 bits per heavy atom. The Kier molecular flexibility index (Phi) is 5.89. The molecule has 0 bridgehead atoms. The molecule has 0 unspecified atom stereocenters. The third-order valence-electron chi connectivity index (χ3n) is 7.14. The molecule has 1 saturated heterocycles. The summed E-state index contributed by atoms with van der Waals surface area (Å²) in [6.07, 6.45) is 1.76. The molecule has 4 heterocycles. The summed E-state index contributed by atoms with van der Waals surface area (Å²) in [6.45, 7) is 3.85. The first-order valence-corrected chi connectivity index (χ1v) is 12.3. The highest BCUT2D eigenvalue weighted by Crippen LogP contribution is 2.41. The van der Waals surface area contributed by atoms with Crippen molar-refractivity contribution in [3.05, 3.63) is 64.5 Å². The molecular formula is C26H23F5N6O. The fourth-order valence-electron chi connectivity index (χ4n) is 4.77. The van der Waals surface area contributed by atoms with E-state index >= 15 is 4.39 Å². The van der Waals surface area contributed by atoms with Gasteiger partial charge in [-0.3, -0.25) is 4.68 Å². The third kappa shape index (κ3) is 4.50. The van der Waals surface area contributed by atoms with E-state index in [0.29, 0.717) is 48.8 Å². The lowest BCUT2D eigenvalue weighted by Crippen LogP contribution is -2.20. The Morgan fingerprint density at radius 1 is 0.947 bits per heavy atom. The van der Waals surface area contributed by atoms with Crippen LogP contribution in [0.5, 0.6) is 0 Å². The van der Waals surface area contributed by atoms with Crippen LogP contribution in [-0.4, -0.2) is 36.3 Å². The van der Waals surface area contributed by atoms with Crippen LogP contribution in [0.2, 0.25) is 0 Å². The molecule has 7 nitrogen and oxygen atoms in total. The summed E-state index contributed by atoms with van der Waals surface area (Å²) >= 11 is 0. The second-order valence-electron chi connectivity index (χ2n) is 9.87. The van der Waals surface area contributed by atoms with E-state index in [0.717, 1.165) is 18.4 Å². The molecule has 12 heteroatoms. The van der Waals surface area contributed by atoms with E-state index in [1.165, 1.54) is 0 Å². The standard InChI is InChI=1S/C26H23F5N6O/c1-12-13(2)34-25-23(33-12)22(17-8-20(28)18(9-19(17)27)26(29,30)31)35-24(36-25)14-5-6-38-21(7-14)15-10-32-37(11-15)16-3-4-16/h8-11,14,16,21H,3-7H2,1-2H3/t14-,21+/m1/s1. The molecular weight excluding hydrogens is 507 g/mol. The van der Waals surface area contributed by atoms with Gasteiger partial charge >= 0.3 is 6.18 Å². The topological polar surface area (TPSA) is 78.6 Å². The lowest BCUT2D eigenvalue weighted by molar-refractivity contribution is -0.140. The summed E-state index contributed by atoms with van der Waals surface area (Å²) in [5, 5.41) is 4.44. The van der Waals surface area contributed by atoms with E-state index in [9.17, 15) is 17.6 Å². The van der Waals surface area contributed by atoms with Gasteiger partial charge in [-0.1, -0.05) is 0 Å². The minimum atomic E-state index is -5.04. The molecule has 0 spiro atoms. The second kappa shape index (κ2) is 9.04. The highest BCUT2D eigenvalue weighted by Gasteiger charge is 2.36. The number of rotatable bonds is 4. The number of nitrogens with zero attached hydrogens (tertiary/aromatic N) is 6. The largest absolute Gasteiger partial charge is 0.419 e. The quantitative estimate of drug-likeness (QED) is 0.294. The highest BCUT2D eigenvalue weighted by atomic mass is 19.4. The van der Waals surface area contributed by atoms with Crippen LogP contribution in [-0.2, 0) is 10.9 Å². The minimum Gasteiger partial charge on any atom is -0.373 e. The Hall–Kier alpha value is -3.54. The van der Waals surface area contributed by atoms with E-state index in [1.807, 2.05) is 10.9 Å². The van der Waals surface area contributed by atoms with E-state index in [-0.39, 0.29) is 34.9 Å². The molecule has 198 valence electrons. The van der Waals surface area contributed by atoms with Crippen LogP contribution in [0.25, 0.3) is 22.4 Å². The molecule has 1 aliphatic heterocycles. The normalized spacial score (nSPS) is 20.3. The van der Waals surface area contributed by atoms with Crippen LogP contribution in [0.4, 0.5) is 22.0 Å². The van der Waals surface area contributed by atoms with Crippen LogP contribution >= 0.6 is 0 Å². The summed E-state index contributed by atoms with van der Waals surface area (Å²) in [5.41, 5.74) is 0.0679. The van der Waals surface area contributed by atoms with Gasteiger partial charge in [-0.05, 0) is 51.7 Å². The van der Waals surface area contributed by atoms with Crippen molar-refractivity contribution in [2.75, 3.05) is 6.61 Å². The van der Waals surface area contributed by atoms with Crippen LogP contribution in [0.1, 0.15) is 72.1 Å². The van der Waals surface area contributed by atoms with Crippen LogP contribution in [0.3, 0.4) is 0 Å². The van der Waals surface area contributed by atoms with Gasteiger partial charge in [-0.2, -0.15) is 18.3 Å². The summed E-state index contributed by atoms with van der Waals surface area (Å²) in [5.74, 6) is -2.75. The zero-order valence-electron chi connectivity index (χ0n) is 20.6. The first-order valence-electron chi connectivity index (χ1n) is 12.3. The molecule has 2 aliphatic rings. The number of hydrogen-bond acceptors (Lipinski definition) is 6. The number of aryl methyl sites for hydroxylation is 2. The minimum absolute atomic E-state index is 0.0872. The lowest BCUT2D eigenvalue weighted by atomic mass is 9.92. The van der Waals surface area contributed by atoms with Crippen LogP contribution < -0.4 is 0 Å². The molecule has 3 aromatic heterocycles. The monoisotopic (exact) mass is 530 g/mol. The summed E-state index contributed by atoms with van der Waals surface area (Å²) < 4.78 is 77.1. The molecule has 6 rings (SSSR count). The Labute approximate surface area is 214 Å². The van der Waals surface area contributed by atoms with Gasteiger partial charge in [0.1, 0.15) is 28.7 Å². The number of fused-ring (bicyclic) bond motifs is 1.